The first-order valence-corrected chi connectivity index (χ1v) is 7.63. The van der Waals surface area contributed by atoms with Crippen LogP contribution in [0.1, 0.15) is 18.4 Å². The van der Waals surface area contributed by atoms with Crippen LogP contribution in [0.15, 0.2) is 18.2 Å². The first kappa shape index (κ1) is 16.2. The third-order valence-corrected chi connectivity index (χ3v) is 4.26. The minimum Gasteiger partial charge on any atom is -0.309 e. The summed E-state index contributed by atoms with van der Waals surface area (Å²) >= 11 is 5.84. The highest BCUT2D eigenvalue weighted by atomic mass is 35.5. The molecule has 0 aliphatic carbocycles. The van der Waals surface area contributed by atoms with E-state index in [-0.39, 0.29) is 10.7 Å². The molecule has 0 N–H and O–H groups in total. The summed E-state index contributed by atoms with van der Waals surface area (Å²) in [6.07, 6.45) is 2.38. The molecule has 1 aliphatic heterocycles. The maximum absolute atomic E-state index is 10.9. The largest absolute Gasteiger partial charge is 0.309 e. The molecule has 0 aromatic heterocycles. The van der Waals surface area contributed by atoms with Crippen LogP contribution >= 0.6 is 11.6 Å². The van der Waals surface area contributed by atoms with Crippen LogP contribution in [0, 0.1) is 16.0 Å². The molecule has 1 saturated heterocycles. The van der Waals surface area contributed by atoms with Crippen molar-refractivity contribution < 1.29 is 4.92 Å². The fourth-order valence-corrected chi connectivity index (χ4v) is 3.08. The fraction of sp³-hybridized carbons (Fsp3) is 0.600. The average Bonchev–Trinajstić information content (AvgIpc) is 2.42. The number of benzene rings is 1. The Balaban J connectivity index is 1.92. The molecular formula is C15H22ClN3O2. The Bertz CT molecular complexity index is 500. The molecule has 5 nitrogen and oxygen atoms in total. The summed E-state index contributed by atoms with van der Waals surface area (Å²) in [5.41, 5.74) is 0.953. The highest BCUT2D eigenvalue weighted by Crippen LogP contribution is 2.26. The first-order chi connectivity index (χ1) is 9.95. The van der Waals surface area contributed by atoms with E-state index in [1.54, 1.807) is 12.1 Å². The Morgan fingerprint density at radius 1 is 1.38 bits per heavy atom. The van der Waals surface area contributed by atoms with Crippen molar-refractivity contribution in [1.29, 1.82) is 0 Å². The minimum absolute atomic E-state index is 0.00309. The summed E-state index contributed by atoms with van der Waals surface area (Å²) in [7, 11) is 4.22. The fourth-order valence-electron chi connectivity index (χ4n) is 2.90. The van der Waals surface area contributed by atoms with Crippen molar-refractivity contribution >= 4 is 17.3 Å². The van der Waals surface area contributed by atoms with Gasteiger partial charge in [-0.1, -0.05) is 17.7 Å². The number of hydrogen-bond acceptors (Lipinski definition) is 4. The van der Waals surface area contributed by atoms with Gasteiger partial charge in [0.15, 0.2) is 0 Å². The zero-order valence-electron chi connectivity index (χ0n) is 12.6. The number of nitro groups is 1. The van der Waals surface area contributed by atoms with Gasteiger partial charge in [0.25, 0.3) is 5.69 Å². The summed E-state index contributed by atoms with van der Waals surface area (Å²) in [5.74, 6) is 0.760. The smallest absolute Gasteiger partial charge is 0.288 e. The maximum Gasteiger partial charge on any atom is 0.288 e. The highest BCUT2D eigenvalue weighted by Gasteiger charge is 2.20. The van der Waals surface area contributed by atoms with Gasteiger partial charge in [0.05, 0.1) is 4.92 Å². The van der Waals surface area contributed by atoms with Gasteiger partial charge in [0.2, 0.25) is 0 Å². The normalized spacial score (nSPS) is 17.3. The molecule has 1 aliphatic rings. The van der Waals surface area contributed by atoms with Gasteiger partial charge < -0.3 is 4.90 Å². The number of hydrogen-bond donors (Lipinski definition) is 0. The zero-order valence-corrected chi connectivity index (χ0v) is 13.3. The van der Waals surface area contributed by atoms with Gasteiger partial charge >= 0.3 is 0 Å². The van der Waals surface area contributed by atoms with Crippen LogP contribution in [0.5, 0.6) is 0 Å². The molecule has 0 amide bonds. The molecule has 1 heterocycles. The second-order valence-corrected chi connectivity index (χ2v) is 6.43. The molecule has 116 valence electrons. The van der Waals surface area contributed by atoms with Crippen LogP contribution < -0.4 is 0 Å². The Hall–Kier alpha value is -1.17. The van der Waals surface area contributed by atoms with E-state index in [1.165, 1.54) is 12.8 Å². The van der Waals surface area contributed by atoms with Crippen LogP contribution in [0.25, 0.3) is 0 Å². The van der Waals surface area contributed by atoms with Gasteiger partial charge in [-0.3, -0.25) is 15.0 Å². The van der Waals surface area contributed by atoms with Gasteiger partial charge in [0.1, 0.15) is 5.02 Å². The number of rotatable bonds is 5. The van der Waals surface area contributed by atoms with Crippen molar-refractivity contribution in [3.63, 3.8) is 0 Å². The van der Waals surface area contributed by atoms with E-state index < -0.39 is 4.92 Å². The lowest BCUT2D eigenvalue weighted by atomic mass is 9.96. The summed E-state index contributed by atoms with van der Waals surface area (Å²) in [4.78, 5) is 15.1. The number of nitro benzene ring substituents is 1. The van der Waals surface area contributed by atoms with Crippen molar-refractivity contribution in [2.75, 3.05) is 33.7 Å². The third kappa shape index (κ3) is 4.66. The van der Waals surface area contributed by atoms with E-state index in [9.17, 15) is 10.1 Å². The van der Waals surface area contributed by atoms with Gasteiger partial charge in [-0.05, 0) is 57.6 Å². The quantitative estimate of drug-likeness (QED) is 0.619. The molecular weight excluding hydrogens is 290 g/mol. The molecule has 1 aromatic carbocycles. The summed E-state index contributed by atoms with van der Waals surface area (Å²) < 4.78 is 0. The Labute approximate surface area is 130 Å². The second kappa shape index (κ2) is 7.20. The highest BCUT2D eigenvalue weighted by molar-refractivity contribution is 6.32. The van der Waals surface area contributed by atoms with Crippen LogP contribution in [-0.2, 0) is 6.54 Å². The molecule has 0 saturated carbocycles. The summed E-state index contributed by atoms with van der Waals surface area (Å²) in [5, 5.41) is 11.1. The maximum atomic E-state index is 10.9. The molecule has 0 unspecified atom stereocenters. The van der Waals surface area contributed by atoms with E-state index in [2.05, 4.69) is 23.9 Å². The predicted octanol–water partition coefficient (Wildman–Crippen LogP) is 3.02. The van der Waals surface area contributed by atoms with Gasteiger partial charge in [-0.2, -0.15) is 0 Å². The van der Waals surface area contributed by atoms with E-state index >= 15 is 0 Å². The van der Waals surface area contributed by atoms with E-state index in [0.29, 0.717) is 0 Å². The lowest BCUT2D eigenvalue weighted by molar-refractivity contribution is -0.384. The van der Waals surface area contributed by atoms with Gasteiger partial charge in [0, 0.05) is 19.2 Å². The molecule has 1 fully saturated rings. The molecule has 6 heteroatoms. The Morgan fingerprint density at radius 3 is 2.62 bits per heavy atom. The zero-order chi connectivity index (χ0) is 15.4. The molecule has 2 rings (SSSR count). The minimum atomic E-state index is -0.421. The summed E-state index contributed by atoms with van der Waals surface area (Å²) in [6, 6.07) is 5.09. The van der Waals surface area contributed by atoms with Crippen LogP contribution in [0.4, 0.5) is 5.69 Å². The number of nitrogens with zero attached hydrogens (tertiary/aromatic N) is 3. The lowest BCUT2D eigenvalue weighted by Gasteiger charge is -2.33. The lowest BCUT2D eigenvalue weighted by Crippen LogP contribution is -2.36. The van der Waals surface area contributed by atoms with E-state index in [0.717, 1.165) is 37.7 Å². The van der Waals surface area contributed by atoms with E-state index in [4.69, 9.17) is 11.6 Å². The molecule has 21 heavy (non-hydrogen) atoms. The third-order valence-electron chi connectivity index (χ3n) is 3.94. The van der Waals surface area contributed by atoms with Crippen molar-refractivity contribution in [3.05, 3.63) is 38.9 Å². The average molecular weight is 312 g/mol. The number of likely N-dealkylation sites (tertiary alicyclic amines) is 1. The number of piperidine rings is 1. The van der Waals surface area contributed by atoms with E-state index in [1.807, 2.05) is 6.07 Å². The van der Waals surface area contributed by atoms with Gasteiger partial charge in [-0.25, -0.2) is 0 Å². The Morgan fingerprint density at radius 2 is 2.05 bits per heavy atom. The topological polar surface area (TPSA) is 49.6 Å². The van der Waals surface area contributed by atoms with Crippen molar-refractivity contribution in [2.24, 2.45) is 5.92 Å². The molecule has 0 bridgehead atoms. The first-order valence-electron chi connectivity index (χ1n) is 7.25. The molecule has 0 spiro atoms. The number of halogens is 1. The van der Waals surface area contributed by atoms with Crippen LogP contribution in [-0.4, -0.2) is 48.5 Å². The van der Waals surface area contributed by atoms with Crippen LogP contribution in [0.3, 0.4) is 0 Å². The molecule has 0 radical (unpaired) electrons. The molecule has 0 atom stereocenters. The second-order valence-electron chi connectivity index (χ2n) is 6.02. The van der Waals surface area contributed by atoms with Crippen molar-refractivity contribution in [2.45, 2.75) is 19.4 Å². The Kier molecular flexibility index (Phi) is 5.56. The van der Waals surface area contributed by atoms with Crippen LogP contribution in [0.2, 0.25) is 5.02 Å². The predicted molar refractivity (Wildman–Crippen MR) is 84.7 cm³/mol. The monoisotopic (exact) mass is 311 g/mol. The van der Waals surface area contributed by atoms with Crippen molar-refractivity contribution in [1.82, 2.24) is 9.80 Å². The standard InChI is InChI=1S/C15H22ClN3O2/c1-17(2)10-12-5-7-18(8-6-12)11-13-3-4-14(16)15(9-13)19(20)21/h3-4,9,12H,5-8,10-11H2,1-2H3. The summed E-state index contributed by atoms with van der Waals surface area (Å²) in [6.45, 7) is 4.00. The van der Waals surface area contributed by atoms with Gasteiger partial charge in [-0.15, -0.1) is 0 Å². The van der Waals surface area contributed by atoms with Crippen molar-refractivity contribution in [3.8, 4) is 0 Å². The SMILES string of the molecule is CN(C)CC1CCN(Cc2ccc(Cl)c([N+](=O)[O-])c2)CC1. The molecule has 1 aromatic rings.